The Kier molecular flexibility index (Phi) is 10.1. The zero-order valence-corrected chi connectivity index (χ0v) is 17.2. The molecule has 0 unspecified atom stereocenters. The summed E-state index contributed by atoms with van der Waals surface area (Å²) in [4.78, 5) is 14.7. The maximum atomic E-state index is 4.72. The quantitative estimate of drug-likeness (QED) is 0.768. The fraction of sp³-hybridized carbons (Fsp3) is 0.722. The monoisotopic (exact) mass is 389 g/mol. The van der Waals surface area contributed by atoms with Gasteiger partial charge in [-0.15, -0.1) is 24.8 Å². The van der Waals surface area contributed by atoms with Gasteiger partial charge in [0.15, 0.2) is 0 Å². The van der Waals surface area contributed by atoms with Gasteiger partial charge in [-0.1, -0.05) is 19.9 Å². The second kappa shape index (κ2) is 11.2. The molecule has 0 aromatic carbocycles. The molecule has 5 nitrogen and oxygen atoms in total. The van der Waals surface area contributed by atoms with Crippen LogP contribution in [0, 0.1) is 0 Å². The largest absolute Gasteiger partial charge is 0.354 e. The zero-order valence-electron chi connectivity index (χ0n) is 15.6. The molecular formula is C18H33Cl2N5. The molecular weight excluding hydrogens is 357 g/mol. The first-order valence-corrected chi connectivity index (χ1v) is 9.15. The molecule has 2 fully saturated rings. The zero-order chi connectivity index (χ0) is 16.1. The second-order valence-corrected chi connectivity index (χ2v) is 6.66. The molecule has 0 aliphatic carbocycles. The van der Waals surface area contributed by atoms with Gasteiger partial charge in [-0.05, 0) is 24.7 Å². The van der Waals surface area contributed by atoms with Crippen molar-refractivity contribution in [2.75, 3.05) is 70.3 Å². The standard InChI is InChI=1S/C18H31N5.2ClH/c1-3-20-7-9-22(10-8-20)16-17-5-6-18(19-15-17)23-13-11-21(4-2)12-14-23;;/h5-6,15H,3-4,7-14,16H2,1-2H3;2*1H. The minimum absolute atomic E-state index is 0. The van der Waals surface area contributed by atoms with Crippen LogP contribution in [0.5, 0.6) is 0 Å². The normalized spacial score (nSPS) is 20.0. The molecule has 25 heavy (non-hydrogen) atoms. The van der Waals surface area contributed by atoms with E-state index >= 15 is 0 Å². The van der Waals surface area contributed by atoms with Crippen molar-refractivity contribution in [1.29, 1.82) is 0 Å². The third-order valence-corrected chi connectivity index (χ3v) is 5.27. The number of nitrogens with zero attached hydrogens (tertiary/aromatic N) is 5. The summed E-state index contributed by atoms with van der Waals surface area (Å²) in [5.41, 5.74) is 1.34. The molecule has 0 atom stereocenters. The number of hydrogen-bond acceptors (Lipinski definition) is 5. The highest BCUT2D eigenvalue weighted by Crippen LogP contribution is 2.15. The summed E-state index contributed by atoms with van der Waals surface area (Å²) in [7, 11) is 0. The molecule has 3 heterocycles. The van der Waals surface area contributed by atoms with Crippen molar-refractivity contribution >= 4 is 30.6 Å². The number of pyridine rings is 1. The van der Waals surface area contributed by atoms with Crippen LogP contribution in [0.2, 0.25) is 0 Å². The van der Waals surface area contributed by atoms with Gasteiger partial charge < -0.3 is 14.7 Å². The van der Waals surface area contributed by atoms with Crippen molar-refractivity contribution in [3.05, 3.63) is 23.9 Å². The molecule has 1 aromatic heterocycles. The van der Waals surface area contributed by atoms with E-state index in [9.17, 15) is 0 Å². The lowest BCUT2D eigenvalue weighted by molar-refractivity contribution is 0.132. The summed E-state index contributed by atoms with van der Waals surface area (Å²) in [5.74, 6) is 1.14. The Balaban J connectivity index is 0.00000156. The first kappa shape index (κ1) is 22.5. The Hall–Kier alpha value is -0.590. The van der Waals surface area contributed by atoms with Crippen LogP contribution in [0.3, 0.4) is 0 Å². The lowest BCUT2D eigenvalue weighted by Crippen LogP contribution is -2.46. The van der Waals surface area contributed by atoms with Gasteiger partial charge in [-0.25, -0.2) is 4.98 Å². The summed E-state index contributed by atoms with van der Waals surface area (Å²) in [5, 5.41) is 0. The van der Waals surface area contributed by atoms with E-state index in [-0.39, 0.29) is 24.8 Å². The Bertz CT molecular complexity index is 469. The number of piperazine rings is 2. The van der Waals surface area contributed by atoms with E-state index in [1.165, 1.54) is 38.3 Å². The van der Waals surface area contributed by atoms with Crippen LogP contribution >= 0.6 is 24.8 Å². The highest BCUT2D eigenvalue weighted by molar-refractivity contribution is 5.85. The third-order valence-electron chi connectivity index (χ3n) is 5.27. The Morgan fingerprint density at radius 1 is 0.760 bits per heavy atom. The lowest BCUT2D eigenvalue weighted by Gasteiger charge is -2.35. The van der Waals surface area contributed by atoms with Gasteiger partial charge in [0.25, 0.3) is 0 Å². The van der Waals surface area contributed by atoms with E-state index in [0.717, 1.165) is 45.1 Å². The Morgan fingerprint density at radius 3 is 1.76 bits per heavy atom. The van der Waals surface area contributed by atoms with E-state index in [0.29, 0.717) is 0 Å². The van der Waals surface area contributed by atoms with Gasteiger partial charge in [-0.3, -0.25) is 4.90 Å². The highest BCUT2D eigenvalue weighted by Gasteiger charge is 2.18. The summed E-state index contributed by atoms with van der Waals surface area (Å²) in [6.45, 7) is 17.1. The van der Waals surface area contributed by atoms with Crippen LogP contribution in [-0.2, 0) is 6.54 Å². The Labute approximate surface area is 165 Å². The third kappa shape index (κ3) is 6.26. The molecule has 0 radical (unpaired) electrons. The van der Waals surface area contributed by atoms with Gasteiger partial charge in [0.1, 0.15) is 5.82 Å². The average Bonchev–Trinajstić information content (AvgIpc) is 2.63. The fourth-order valence-corrected chi connectivity index (χ4v) is 3.51. The molecule has 7 heteroatoms. The average molecular weight is 390 g/mol. The van der Waals surface area contributed by atoms with Gasteiger partial charge in [0.2, 0.25) is 0 Å². The maximum absolute atomic E-state index is 4.72. The highest BCUT2D eigenvalue weighted by atomic mass is 35.5. The summed E-state index contributed by atoms with van der Waals surface area (Å²) >= 11 is 0. The van der Waals surface area contributed by atoms with Crippen molar-refractivity contribution in [2.24, 2.45) is 0 Å². The lowest BCUT2D eigenvalue weighted by atomic mass is 10.2. The minimum Gasteiger partial charge on any atom is -0.354 e. The molecule has 0 bridgehead atoms. The van der Waals surface area contributed by atoms with E-state index in [2.05, 4.69) is 51.8 Å². The first-order valence-electron chi connectivity index (χ1n) is 9.15. The van der Waals surface area contributed by atoms with Crippen LogP contribution in [0.4, 0.5) is 5.82 Å². The number of halogens is 2. The van der Waals surface area contributed by atoms with Crippen LogP contribution < -0.4 is 4.90 Å². The molecule has 2 saturated heterocycles. The first-order chi connectivity index (χ1) is 11.3. The summed E-state index contributed by atoms with van der Waals surface area (Å²) in [6, 6.07) is 4.47. The molecule has 0 saturated carbocycles. The number of aromatic nitrogens is 1. The minimum atomic E-state index is 0. The molecule has 2 aliphatic rings. The molecule has 144 valence electrons. The van der Waals surface area contributed by atoms with Crippen LogP contribution in [0.1, 0.15) is 19.4 Å². The van der Waals surface area contributed by atoms with Crippen LogP contribution in [0.15, 0.2) is 18.3 Å². The van der Waals surface area contributed by atoms with Crippen molar-refractivity contribution in [1.82, 2.24) is 19.7 Å². The predicted octanol–water partition coefficient (Wildman–Crippen LogP) is 2.20. The molecule has 0 amide bonds. The predicted molar refractivity (Wildman–Crippen MR) is 110 cm³/mol. The van der Waals surface area contributed by atoms with Crippen LogP contribution in [-0.4, -0.2) is 85.1 Å². The van der Waals surface area contributed by atoms with E-state index in [1.807, 2.05) is 0 Å². The van der Waals surface area contributed by atoms with Crippen molar-refractivity contribution in [3.8, 4) is 0 Å². The Morgan fingerprint density at radius 2 is 1.28 bits per heavy atom. The molecule has 2 aliphatic heterocycles. The molecule has 1 aromatic rings. The van der Waals surface area contributed by atoms with E-state index in [4.69, 9.17) is 4.98 Å². The van der Waals surface area contributed by atoms with E-state index in [1.54, 1.807) is 0 Å². The molecule has 3 rings (SSSR count). The maximum Gasteiger partial charge on any atom is 0.128 e. The number of likely N-dealkylation sites (N-methyl/N-ethyl adjacent to an activating group) is 2. The fourth-order valence-electron chi connectivity index (χ4n) is 3.51. The van der Waals surface area contributed by atoms with Gasteiger partial charge in [0, 0.05) is 65.1 Å². The smallest absolute Gasteiger partial charge is 0.128 e. The number of anilines is 1. The summed E-state index contributed by atoms with van der Waals surface area (Å²) in [6.07, 6.45) is 2.08. The molecule has 0 N–H and O–H groups in total. The van der Waals surface area contributed by atoms with Gasteiger partial charge >= 0.3 is 0 Å². The van der Waals surface area contributed by atoms with Crippen molar-refractivity contribution in [2.45, 2.75) is 20.4 Å². The number of rotatable bonds is 5. The molecule has 0 spiro atoms. The summed E-state index contributed by atoms with van der Waals surface area (Å²) < 4.78 is 0. The topological polar surface area (TPSA) is 25.9 Å². The van der Waals surface area contributed by atoms with Gasteiger partial charge in [-0.2, -0.15) is 0 Å². The second-order valence-electron chi connectivity index (χ2n) is 6.66. The SMILES string of the molecule is CCN1CCN(Cc2ccc(N3CCN(CC)CC3)nc2)CC1.Cl.Cl. The van der Waals surface area contributed by atoms with Crippen LogP contribution in [0.25, 0.3) is 0 Å². The van der Waals surface area contributed by atoms with Crippen molar-refractivity contribution < 1.29 is 0 Å². The van der Waals surface area contributed by atoms with Crippen molar-refractivity contribution in [3.63, 3.8) is 0 Å². The number of hydrogen-bond donors (Lipinski definition) is 0. The van der Waals surface area contributed by atoms with Gasteiger partial charge in [0.05, 0.1) is 0 Å². The van der Waals surface area contributed by atoms with E-state index < -0.39 is 0 Å².